The number of carbonyl (C=O) groups excluding carboxylic acids is 1. The van der Waals surface area contributed by atoms with Crippen molar-refractivity contribution >= 4 is 5.91 Å². The lowest BCUT2D eigenvalue weighted by Gasteiger charge is -2.22. The third-order valence-electron chi connectivity index (χ3n) is 8.59. The molecule has 3 nitrogen and oxygen atoms in total. The molecule has 2 N–H and O–H groups in total. The first-order valence-corrected chi connectivity index (χ1v) is 19.0. The molecular weight excluding hydrogens is 512 g/mol. The predicted octanol–water partition coefficient (Wildman–Crippen LogP) is 12.2. The van der Waals surface area contributed by atoms with E-state index in [-0.39, 0.29) is 5.91 Å². The molecule has 1 amide bonds. The summed E-state index contributed by atoms with van der Waals surface area (Å²) in [6.45, 7) is 6.88. The molecule has 0 aromatic carbocycles. The first-order chi connectivity index (χ1) is 20.8. The molecule has 0 aliphatic carbocycles. The van der Waals surface area contributed by atoms with Crippen molar-refractivity contribution in [3.63, 3.8) is 0 Å². The van der Waals surface area contributed by atoms with E-state index >= 15 is 0 Å². The zero-order chi connectivity index (χ0) is 30.6. The highest BCUT2D eigenvalue weighted by molar-refractivity contribution is 5.76. The number of nitrogens with zero attached hydrogens (tertiary/aromatic N) is 1. The van der Waals surface area contributed by atoms with Crippen molar-refractivity contribution in [2.45, 2.75) is 200 Å². The van der Waals surface area contributed by atoms with E-state index in [1.54, 1.807) is 0 Å². The molecule has 42 heavy (non-hydrogen) atoms. The second-order valence-electron chi connectivity index (χ2n) is 12.8. The number of hydrogen-bond donors (Lipinski definition) is 1. The summed E-state index contributed by atoms with van der Waals surface area (Å²) < 4.78 is 0. The molecule has 0 heterocycles. The maximum atomic E-state index is 12.6. The Hall–Kier alpha value is -1.09. The first kappa shape index (κ1) is 40.9. The maximum absolute atomic E-state index is 12.6. The Morgan fingerprint density at radius 3 is 1.05 bits per heavy atom. The fourth-order valence-corrected chi connectivity index (χ4v) is 5.74. The summed E-state index contributed by atoms with van der Waals surface area (Å²) in [5.41, 5.74) is 5.69. The number of amides is 1. The van der Waals surface area contributed by atoms with Crippen LogP contribution in [0.2, 0.25) is 0 Å². The van der Waals surface area contributed by atoms with Crippen molar-refractivity contribution in [2.24, 2.45) is 5.73 Å². The van der Waals surface area contributed by atoms with Gasteiger partial charge in [-0.25, -0.2) is 0 Å². The second-order valence-corrected chi connectivity index (χ2v) is 12.8. The van der Waals surface area contributed by atoms with Gasteiger partial charge in [0.2, 0.25) is 5.91 Å². The summed E-state index contributed by atoms with van der Waals surface area (Å²) >= 11 is 0. The van der Waals surface area contributed by atoms with Gasteiger partial charge in [0.25, 0.3) is 0 Å². The van der Waals surface area contributed by atoms with E-state index in [1.165, 1.54) is 167 Å². The molecule has 0 spiro atoms. The maximum Gasteiger partial charge on any atom is 0.223 e. The van der Waals surface area contributed by atoms with Crippen LogP contribution in [-0.2, 0) is 4.79 Å². The summed E-state index contributed by atoms with van der Waals surface area (Å²) in [5.74, 6) is 0.262. The van der Waals surface area contributed by atoms with Gasteiger partial charge in [0.05, 0.1) is 0 Å². The number of hydrogen-bond acceptors (Lipinski definition) is 2. The molecule has 0 unspecified atom stereocenters. The SMILES string of the molecule is CCCCCCCCC=CCCCCCCCCN(CCCCCCCCC=CCCCCCCCC)C(=O)CCN. The average molecular weight is 589 g/mol. The zero-order valence-electron chi connectivity index (χ0n) is 28.9. The molecule has 0 aliphatic heterocycles. The monoisotopic (exact) mass is 589 g/mol. The molecule has 0 aromatic rings. The van der Waals surface area contributed by atoms with Gasteiger partial charge in [0.15, 0.2) is 0 Å². The van der Waals surface area contributed by atoms with Gasteiger partial charge in [-0.05, 0) is 64.2 Å². The molecule has 0 saturated carbocycles. The fraction of sp³-hybridized carbons (Fsp3) is 0.872. The van der Waals surface area contributed by atoms with Crippen LogP contribution in [0.5, 0.6) is 0 Å². The van der Waals surface area contributed by atoms with Crippen LogP contribution in [0.1, 0.15) is 200 Å². The Bertz CT molecular complexity index is 543. The van der Waals surface area contributed by atoms with Crippen LogP contribution in [0.4, 0.5) is 0 Å². The highest BCUT2D eigenvalue weighted by Gasteiger charge is 2.11. The minimum atomic E-state index is 0.262. The van der Waals surface area contributed by atoms with E-state index < -0.39 is 0 Å². The average Bonchev–Trinajstić information content (AvgIpc) is 2.99. The summed E-state index contributed by atoms with van der Waals surface area (Å²) in [7, 11) is 0. The van der Waals surface area contributed by atoms with Crippen LogP contribution in [0.25, 0.3) is 0 Å². The lowest BCUT2D eigenvalue weighted by atomic mass is 10.1. The normalized spacial score (nSPS) is 11.8. The Balaban J connectivity index is 3.67. The number of carbonyl (C=O) groups is 1. The molecule has 248 valence electrons. The molecule has 3 heteroatoms. The highest BCUT2D eigenvalue weighted by atomic mass is 16.2. The topological polar surface area (TPSA) is 46.3 Å². The van der Waals surface area contributed by atoms with Crippen LogP contribution >= 0.6 is 0 Å². The number of rotatable bonds is 34. The van der Waals surface area contributed by atoms with E-state index in [0.717, 1.165) is 25.9 Å². The summed E-state index contributed by atoms with van der Waals surface area (Å²) in [6.07, 6.45) is 47.2. The number of nitrogens with two attached hydrogens (primary N) is 1. The molecule has 0 fully saturated rings. The predicted molar refractivity (Wildman–Crippen MR) is 189 cm³/mol. The minimum Gasteiger partial charge on any atom is -0.343 e. The van der Waals surface area contributed by atoms with Crippen LogP contribution in [0.15, 0.2) is 24.3 Å². The van der Waals surface area contributed by atoms with Crippen molar-refractivity contribution in [1.29, 1.82) is 0 Å². The highest BCUT2D eigenvalue weighted by Crippen LogP contribution is 2.13. The Labute approximate surface area is 264 Å². The van der Waals surface area contributed by atoms with Crippen molar-refractivity contribution in [3.8, 4) is 0 Å². The largest absolute Gasteiger partial charge is 0.343 e. The van der Waals surface area contributed by atoms with Gasteiger partial charge in [-0.3, -0.25) is 4.79 Å². The second kappa shape index (κ2) is 36.1. The molecule has 0 radical (unpaired) electrons. The Morgan fingerprint density at radius 1 is 0.452 bits per heavy atom. The summed E-state index contributed by atoms with van der Waals surface area (Å²) in [6, 6.07) is 0. The van der Waals surface area contributed by atoms with Gasteiger partial charge in [0.1, 0.15) is 0 Å². The summed E-state index contributed by atoms with van der Waals surface area (Å²) in [4.78, 5) is 14.7. The smallest absolute Gasteiger partial charge is 0.223 e. The van der Waals surface area contributed by atoms with Gasteiger partial charge in [-0.2, -0.15) is 0 Å². The van der Waals surface area contributed by atoms with E-state index in [4.69, 9.17) is 5.73 Å². The van der Waals surface area contributed by atoms with Crippen LogP contribution in [-0.4, -0.2) is 30.4 Å². The molecule has 0 bridgehead atoms. The van der Waals surface area contributed by atoms with Crippen LogP contribution in [0.3, 0.4) is 0 Å². The van der Waals surface area contributed by atoms with Crippen LogP contribution < -0.4 is 5.73 Å². The third-order valence-corrected chi connectivity index (χ3v) is 8.59. The lowest BCUT2D eigenvalue weighted by Crippen LogP contribution is -2.34. The van der Waals surface area contributed by atoms with Gasteiger partial charge in [-0.1, -0.05) is 154 Å². The standard InChI is InChI=1S/C39H76N2O/c1-3-5-7-9-11-13-15-17-19-21-23-25-27-29-31-33-37-41(39(42)35-36-40)38-34-32-30-28-26-24-22-20-18-16-14-12-10-8-6-4-2/h17-20H,3-16,21-38,40H2,1-2H3. The Kier molecular flexibility index (Phi) is 35.2. The summed E-state index contributed by atoms with van der Waals surface area (Å²) in [5, 5.41) is 0. The number of allylic oxidation sites excluding steroid dienone is 4. The third kappa shape index (κ3) is 31.8. The molecule has 0 aliphatic rings. The van der Waals surface area contributed by atoms with E-state index in [2.05, 4.69) is 43.1 Å². The molecule has 0 saturated heterocycles. The molecular formula is C39H76N2O. The van der Waals surface area contributed by atoms with E-state index in [0.29, 0.717) is 13.0 Å². The molecule has 0 rings (SSSR count). The Morgan fingerprint density at radius 2 is 0.738 bits per heavy atom. The van der Waals surface area contributed by atoms with Crippen molar-refractivity contribution < 1.29 is 4.79 Å². The number of unbranched alkanes of at least 4 members (excludes halogenated alkanes) is 24. The van der Waals surface area contributed by atoms with Crippen molar-refractivity contribution in [3.05, 3.63) is 24.3 Å². The lowest BCUT2D eigenvalue weighted by molar-refractivity contribution is -0.131. The van der Waals surface area contributed by atoms with Gasteiger partial charge >= 0.3 is 0 Å². The molecule has 0 atom stereocenters. The minimum absolute atomic E-state index is 0.262. The van der Waals surface area contributed by atoms with Crippen molar-refractivity contribution in [2.75, 3.05) is 19.6 Å². The van der Waals surface area contributed by atoms with Gasteiger partial charge < -0.3 is 10.6 Å². The van der Waals surface area contributed by atoms with Crippen LogP contribution in [0, 0.1) is 0 Å². The van der Waals surface area contributed by atoms with Gasteiger partial charge in [-0.15, -0.1) is 0 Å². The molecule has 0 aromatic heterocycles. The van der Waals surface area contributed by atoms with E-state index in [1.807, 2.05) is 0 Å². The fourth-order valence-electron chi connectivity index (χ4n) is 5.74. The van der Waals surface area contributed by atoms with Gasteiger partial charge in [0, 0.05) is 26.1 Å². The zero-order valence-corrected chi connectivity index (χ0v) is 28.9. The first-order valence-electron chi connectivity index (χ1n) is 19.0. The quantitative estimate of drug-likeness (QED) is 0.0600. The van der Waals surface area contributed by atoms with Crippen molar-refractivity contribution in [1.82, 2.24) is 4.90 Å². The van der Waals surface area contributed by atoms with E-state index in [9.17, 15) is 4.79 Å².